The standard InChI is InChI=1S/C16H21N3O2/c1-11-6-5-7-12(18-11)10-19(2)14-9-16(21-4)15(20-3)8-13(14)17/h5-9H,10,17H2,1-4H3. The van der Waals surface area contributed by atoms with Crippen LogP contribution in [0, 0.1) is 6.92 Å². The molecule has 5 heteroatoms. The first-order valence-corrected chi connectivity index (χ1v) is 6.70. The zero-order valence-electron chi connectivity index (χ0n) is 12.9. The average molecular weight is 287 g/mol. The van der Waals surface area contributed by atoms with E-state index in [-0.39, 0.29) is 0 Å². The molecule has 0 amide bonds. The molecule has 0 aliphatic carbocycles. The predicted octanol–water partition coefficient (Wildman–Crippen LogP) is 2.63. The lowest BCUT2D eigenvalue weighted by atomic mass is 10.2. The van der Waals surface area contributed by atoms with Crippen molar-refractivity contribution in [3.63, 3.8) is 0 Å². The monoisotopic (exact) mass is 287 g/mol. The zero-order valence-corrected chi connectivity index (χ0v) is 12.9. The van der Waals surface area contributed by atoms with E-state index >= 15 is 0 Å². The largest absolute Gasteiger partial charge is 0.493 e. The first-order chi connectivity index (χ1) is 10.0. The van der Waals surface area contributed by atoms with Crippen molar-refractivity contribution in [2.24, 2.45) is 0 Å². The molecule has 0 bridgehead atoms. The summed E-state index contributed by atoms with van der Waals surface area (Å²) in [5.41, 5.74) is 9.63. The Morgan fingerprint density at radius 3 is 2.43 bits per heavy atom. The van der Waals surface area contributed by atoms with Crippen molar-refractivity contribution in [1.82, 2.24) is 4.98 Å². The number of pyridine rings is 1. The highest BCUT2D eigenvalue weighted by Crippen LogP contribution is 2.36. The smallest absolute Gasteiger partial charge is 0.162 e. The predicted molar refractivity (Wildman–Crippen MR) is 85.0 cm³/mol. The van der Waals surface area contributed by atoms with Crippen LogP contribution in [0.4, 0.5) is 11.4 Å². The van der Waals surface area contributed by atoms with Crippen LogP contribution in [0.25, 0.3) is 0 Å². The SMILES string of the molecule is COc1cc(N)c(N(C)Cc2cccc(C)n2)cc1OC. The van der Waals surface area contributed by atoms with Gasteiger partial charge in [-0.1, -0.05) is 6.07 Å². The highest BCUT2D eigenvalue weighted by molar-refractivity contribution is 5.72. The fourth-order valence-electron chi connectivity index (χ4n) is 2.23. The number of nitrogen functional groups attached to an aromatic ring is 1. The second kappa shape index (κ2) is 6.35. The van der Waals surface area contributed by atoms with Crippen molar-refractivity contribution in [2.75, 3.05) is 31.9 Å². The van der Waals surface area contributed by atoms with Crippen LogP contribution in [-0.4, -0.2) is 26.3 Å². The van der Waals surface area contributed by atoms with Gasteiger partial charge in [0.1, 0.15) is 0 Å². The summed E-state index contributed by atoms with van der Waals surface area (Å²) < 4.78 is 10.6. The molecule has 2 rings (SSSR count). The van der Waals surface area contributed by atoms with E-state index < -0.39 is 0 Å². The molecule has 0 saturated carbocycles. The Bertz CT molecular complexity index is 629. The number of nitrogens with zero attached hydrogens (tertiary/aromatic N) is 2. The number of rotatable bonds is 5. The molecule has 0 atom stereocenters. The van der Waals surface area contributed by atoms with Crippen LogP contribution in [0.1, 0.15) is 11.4 Å². The number of aryl methyl sites for hydroxylation is 1. The summed E-state index contributed by atoms with van der Waals surface area (Å²) in [6.45, 7) is 2.65. The second-order valence-electron chi connectivity index (χ2n) is 4.89. The molecule has 1 aromatic carbocycles. The Labute approximate surface area is 125 Å². The van der Waals surface area contributed by atoms with Crippen molar-refractivity contribution in [1.29, 1.82) is 0 Å². The summed E-state index contributed by atoms with van der Waals surface area (Å²) in [5, 5.41) is 0. The summed E-state index contributed by atoms with van der Waals surface area (Å²) in [6.07, 6.45) is 0. The molecule has 0 aliphatic heterocycles. The van der Waals surface area contributed by atoms with Gasteiger partial charge in [-0.05, 0) is 19.1 Å². The number of methoxy groups -OCH3 is 2. The number of nitrogens with two attached hydrogens (primary N) is 1. The summed E-state index contributed by atoms with van der Waals surface area (Å²) >= 11 is 0. The van der Waals surface area contributed by atoms with Gasteiger partial charge in [0.15, 0.2) is 11.5 Å². The van der Waals surface area contributed by atoms with Gasteiger partial charge in [-0.2, -0.15) is 0 Å². The molecule has 0 spiro atoms. The van der Waals surface area contributed by atoms with E-state index in [2.05, 4.69) is 4.98 Å². The Kier molecular flexibility index (Phi) is 4.52. The van der Waals surface area contributed by atoms with Crippen LogP contribution in [0.15, 0.2) is 30.3 Å². The molecule has 2 N–H and O–H groups in total. The number of anilines is 2. The fourth-order valence-corrected chi connectivity index (χ4v) is 2.23. The molecule has 0 saturated heterocycles. The fraction of sp³-hybridized carbons (Fsp3) is 0.312. The number of ether oxygens (including phenoxy) is 2. The van der Waals surface area contributed by atoms with Crippen LogP contribution < -0.4 is 20.1 Å². The van der Waals surface area contributed by atoms with Crippen LogP contribution in [0.2, 0.25) is 0 Å². The minimum Gasteiger partial charge on any atom is -0.493 e. The molecular weight excluding hydrogens is 266 g/mol. The maximum Gasteiger partial charge on any atom is 0.162 e. The molecule has 0 aliphatic rings. The van der Waals surface area contributed by atoms with E-state index in [0.717, 1.165) is 17.1 Å². The molecule has 2 aromatic rings. The Hall–Kier alpha value is -2.43. The van der Waals surface area contributed by atoms with E-state index in [4.69, 9.17) is 15.2 Å². The van der Waals surface area contributed by atoms with E-state index in [1.807, 2.05) is 43.1 Å². The van der Waals surface area contributed by atoms with Crippen LogP contribution in [-0.2, 0) is 6.54 Å². The molecule has 5 nitrogen and oxygen atoms in total. The lowest BCUT2D eigenvalue weighted by Gasteiger charge is -2.22. The molecular formula is C16H21N3O2. The third kappa shape index (κ3) is 3.37. The lowest BCUT2D eigenvalue weighted by molar-refractivity contribution is 0.355. The number of hydrogen-bond acceptors (Lipinski definition) is 5. The van der Waals surface area contributed by atoms with Gasteiger partial charge >= 0.3 is 0 Å². The first-order valence-electron chi connectivity index (χ1n) is 6.70. The lowest BCUT2D eigenvalue weighted by Crippen LogP contribution is -2.19. The Morgan fingerprint density at radius 1 is 1.14 bits per heavy atom. The number of hydrogen-bond donors (Lipinski definition) is 1. The third-order valence-electron chi connectivity index (χ3n) is 3.29. The maximum atomic E-state index is 6.11. The van der Waals surface area contributed by atoms with E-state index in [1.54, 1.807) is 20.3 Å². The summed E-state index contributed by atoms with van der Waals surface area (Å²) in [5.74, 6) is 1.28. The topological polar surface area (TPSA) is 60.6 Å². The molecule has 1 heterocycles. The molecule has 0 radical (unpaired) electrons. The molecule has 0 fully saturated rings. The van der Waals surface area contributed by atoms with E-state index in [1.165, 1.54) is 0 Å². The second-order valence-corrected chi connectivity index (χ2v) is 4.89. The quantitative estimate of drug-likeness (QED) is 0.857. The molecule has 112 valence electrons. The minimum atomic E-state index is 0.626. The molecule has 1 aromatic heterocycles. The van der Waals surface area contributed by atoms with Gasteiger partial charge in [0.25, 0.3) is 0 Å². The van der Waals surface area contributed by atoms with Crippen LogP contribution >= 0.6 is 0 Å². The van der Waals surface area contributed by atoms with Crippen molar-refractivity contribution in [2.45, 2.75) is 13.5 Å². The first kappa shape index (κ1) is 15.0. The number of aromatic nitrogens is 1. The highest BCUT2D eigenvalue weighted by Gasteiger charge is 2.13. The zero-order chi connectivity index (χ0) is 15.4. The van der Waals surface area contributed by atoms with Gasteiger partial charge in [0.05, 0.1) is 37.8 Å². The highest BCUT2D eigenvalue weighted by atomic mass is 16.5. The average Bonchev–Trinajstić information content (AvgIpc) is 2.46. The van der Waals surface area contributed by atoms with Gasteiger partial charge in [-0.3, -0.25) is 4.98 Å². The van der Waals surface area contributed by atoms with Crippen molar-refractivity contribution in [3.05, 3.63) is 41.7 Å². The van der Waals surface area contributed by atoms with E-state index in [0.29, 0.717) is 23.7 Å². The van der Waals surface area contributed by atoms with Gasteiger partial charge in [-0.25, -0.2) is 0 Å². The van der Waals surface area contributed by atoms with Crippen LogP contribution in [0.5, 0.6) is 11.5 Å². The van der Waals surface area contributed by atoms with Gasteiger partial charge < -0.3 is 20.1 Å². The Morgan fingerprint density at radius 2 is 1.81 bits per heavy atom. The molecule has 21 heavy (non-hydrogen) atoms. The summed E-state index contributed by atoms with van der Waals surface area (Å²) in [7, 11) is 5.18. The van der Waals surface area contributed by atoms with Gasteiger partial charge in [0.2, 0.25) is 0 Å². The van der Waals surface area contributed by atoms with Gasteiger partial charge in [0, 0.05) is 24.9 Å². The number of benzene rings is 1. The molecule has 0 unspecified atom stereocenters. The Balaban J connectivity index is 2.28. The normalized spacial score (nSPS) is 10.3. The van der Waals surface area contributed by atoms with E-state index in [9.17, 15) is 0 Å². The third-order valence-corrected chi connectivity index (χ3v) is 3.29. The van der Waals surface area contributed by atoms with Crippen molar-refractivity contribution >= 4 is 11.4 Å². The van der Waals surface area contributed by atoms with Crippen LogP contribution in [0.3, 0.4) is 0 Å². The van der Waals surface area contributed by atoms with Crippen molar-refractivity contribution in [3.8, 4) is 11.5 Å². The summed E-state index contributed by atoms with van der Waals surface area (Å²) in [6, 6.07) is 9.64. The van der Waals surface area contributed by atoms with Crippen molar-refractivity contribution < 1.29 is 9.47 Å². The summed E-state index contributed by atoms with van der Waals surface area (Å²) in [4.78, 5) is 6.55. The minimum absolute atomic E-state index is 0.626. The maximum absolute atomic E-state index is 6.11. The van der Waals surface area contributed by atoms with Gasteiger partial charge in [-0.15, -0.1) is 0 Å².